The summed E-state index contributed by atoms with van der Waals surface area (Å²) in [6.45, 7) is 0.759. The van der Waals surface area contributed by atoms with Gasteiger partial charge in [0, 0.05) is 20.2 Å². The van der Waals surface area contributed by atoms with Gasteiger partial charge in [0.05, 0.1) is 6.61 Å². The highest BCUT2D eigenvalue weighted by Crippen LogP contribution is 2.46. The van der Waals surface area contributed by atoms with Crippen molar-refractivity contribution in [1.82, 2.24) is 4.90 Å². The third-order valence-corrected chi connectivity index (χ3v) is 3.31. The molecule has 0 aromatic rings. The van der Waals surface area contributed by atoms with Gasteiger partial charge in [0.15, 0.2) is 0 Å². The van der Waals surface area contributed by atoms with Crippen molar-refractivity contribution in [2.45, 2.75) is 25.6 Å². The van der Waals surface area contributed by atoms with E-state index in [0.717, 1.165) is 0 Å². The molecule has 4 nitrogen and oxygen atoms in total. The first-order valence-corrected chi connectivity index (χ1v) is 5.26. The van der Waals surface area contributed by atoms with Gasteiger partial charge in [-0.2, -0.15) is 13.2 Å². The predicted octanol–water partition coefficient (Wildman–Crippen LogP) is 1.36. The molecule has 1 rings (SSSR count). The second kappa shape index (κ2) is 4.81. The zero-order valence-electron chi connectivity index (χ0n) is 9.75. The maximum Gasteiger partial charge on any atom is 0.397 e. The van der Waals surface area contributed by atoms with Gasteiger partial charge in [-0.25, -0.2) is 0 Å². The Hall–Kier alpha value is -0.820. The van der Waals surface area contributed by atoms with Crippen molar-refractivity contribution in [2.24, 2.45) is 5.41 Å². The third kappa shape index (κ3) is 2.71. The lowest BCUT2D eigenvalue weighted by molar-refractivity contribution is -0.233. The van der Waals surface area contributed by atoms with Gasteiger partial charge in [-0.1, -0.05) is 0 Å². The quantitative estimate of drug-likeness (QED) is 0.824. The molecule has 1 N–H and O–H groups in total. The molecular weight excluding hydrogens is 239 g/mol. The van der Waals surface area contributed by atoms with E-state index in [4.69, 9.17) is 5.11 Å². The van der Waals surface area contributed by atoms with Crippen LogP contribution in [0.2, 0.25) is 0 Å². The molecule has 7 heteroatoms. The first kappa shape index (κ1) is 14.2. The second-order valence-corrected chi connectivity index (χ2v) is 4.45. The molecule has 0 saturated carbocycles. The van der Waals surface area contributed by atoms with E-state index in [2.05, 4.69) is 4.74 Å². The van der Waals surface area contributed by atoms with Gasteiger partial charge >= 0.3 is 12.1 Å². The first-order valence-electron chi connectivity index (χ1n) is 5.26. The van der Waals surface area contributed by atoms with E-state index in [9.17, 15) is 18.0 Å². The Morgan fingerprint density at radius 3 is 2.59 bits per heavy atom. The summed E-state index contributed by atoms with van der Waals surface area (Å²) < 4.78 is 43.6. The van der Waals surface area contributed by atoms with Crippen molar-refractivity contribution in [3.8, 4) is 0 Å². The van der Waals surface area contributed by atoms with Crippen LogP contribution in [0.15, 0.2) is 0 Å². The Kier molecular flexibility index (Phi) is 4.03. The standard InChI is InChI=1S/C10H16F3NO3/c1-7(8(15)16)14-4-3-9(5-14,6-17-2)10(11,12)13/h7H,3-6H2,1-2H3,(H,15,16)/t7-,9-/m1/s1. The van der Waals surface area contributed by atoms with Crippen molar-refractivity contribution in [3.05, 3.63) is 0 Å². The van der Waals surface area contributed by atoms with Gasteiger partial charge in [0.25, 0.3) is 0 Å². The number of carbonyl (C=O) groups is 1. The molecule has 0 aromatic carbocycles. The lowest BCUT2D eigenvalue weighted by Crippen LogP contribution is -2.46. The van der Waals surface area contributed by atoms with Crippen LogP contribution in [0.5, 0.6) is 0 Å². The van der Waals surface area contributed by atoms with Gasteiger partial charge in [0.1, 0.15) is 11.5 Å². The highest BCUT2D eigenvalue weighted by molar-refractivity contribution is 5.72. The number of nitrogens with zero attached hydrogens (tertiary/aromatic N) is 1. The van der Waals surface area contributed by atoms with Gasteiger partial charge in [-0.05, 0) is 13.3 Å². The number of halogens is 3. The van der Waals surface area contributed by atoms with Crippen molar-refractivity contribution in [3.63, 3.8) is 0 Å². The lowest BCUT2D eigenvalue weighted by Gasteiger charge is -2.31. The molecular formula is C10H16F3NO3. The smallest absolute Gasteiger partial charge is 0.397 e. The molecule has 0 radical (unpaired) electrons. The number of ether oxygens (including phenoxy) is 1. The second-order valence-electron chi connectivity index (χ2n) is 4.45. The monoisotopic (exact) mass is 255 g/mol. The zero-order chi connectivity index (χ0) is 13.3. The van der Waals surface area contributed by atoms with Crippen LogP contribution in [0.1, 0.15) is 13.3 Å². The van der Waals surface area contributed by atoms with Gasteiger partial charge in [0.2, 0.25) is 0 Å². The lowest BCUT2D eigenvalue weighted by atomic mass is 9.87. The van der Waals surface area contributed by atoms with Crippen LogP contribution in [0.25, 0.3) is 0 Å². The number of rotatable bonds is 4. The number of hydrogen-bond donors (Lipinski definition) is 1. The van der Waals surface area contributed by atoms with Crippen LogP contribution >= 0.6 is 0 Å². The molecule has 1 fully saturated rings. The average molecular weight is 255 g/mol. The molecule has 100 valence electrons. The van der Waals surface area contributed by atoms with Crippen molar-refractivity contribution in [2.75, 3.05) is 26.8 Å². The normalized spacial score (nSPS) is 28.3. The fourth-order valence-corrected chi connectivity index (χ4v) is 2.10. The van der Waals surface area contributed by atoms with E-state index in [1.807, 2.05) is 0 Å². The molecule has 1 aliphatic rings. The Morgan fingerprint density at radius 1 is 1.59 bits per heavy atom. The number of methoxy groups -OCH3 is 1. The van der Waals surface area contributed by atoms with Gasteiger partial charge in [-0.3, -0.25) is 9.69 Å². The zero-order valence-corrected chi connectivity index (χ0v) is 9.75. The fourth-order valence-electron chi connectivity index (χ4n) is 2.10. The Labute approximate surface area is 97.3 Å². The van der Waals surface area contributed by atoms with Gasteiger partial charge in [-0.15, -0.1) is 0 Å². The van der Waals surface area contributed by atoms with Crippen LogP contribution in [0, 0.1) is 5.41 Å². The molecule has 1 aliphatic heterocycles. The third-order valence-electron chi connectivity index (χ3n) is 3.31. The van der Waals surface area contributed by atoms with E-state index in [1.165, 1.54) is 18.9 Å². The Balaban J connectivity index is 2.82. The minimum Gasteiger partial charge on any atom is -0.480 e. The van der Waals surface area contributed by atoms with Crippen LogP contribution in [0.3, 0.4) is 0 Å². The molecule has 0 aliphatic carbocycles. The summed E-state index contributed by atoms with van der Waals surface area (Å²) in [6.07, 6.45) is -4.50. The molecule has 1 saturated heterocycles. The summed E-state index contributed by atoms with van der Waals surface area (Å²) >= 11 is 0. The maximum absolute atomic E-state index is 13.0. The van der Waals surface area contributed by atoms with E-state index in [1.54, 1.807) is 0 Å². The van der Waals surface area contributed by atoms with Crippen molar-refractivity contribution >= 4 is 5.97 Å². The molecule has 1 heterocycles. The van der Waals surface area contributed by atoms with E-state index in [0.29, 0.717) is 0 Å². The summed E-state index contributed by atoms with van der Waals surface area (Å²) in [4.78, 5) is 12.1. The van der Waals surface area contributed by atoms with Crippen molar-refractivity contribution < 1.29 is 27.8 Å². The fraction of sp³-hybridized carbons (Fsp3) is 0.900. The van der Waals surface area contributed by atoms with Crippen LogP contribution in [-0.2, 0) is 9.53 Å². The number of alkyl halides is 3. The summed E-state index contributed by atoms with van der Waals surface area (Å²) in [5, 5.41) is 8.79. The SMILES string of the molecule is COC[C@@]1(C(F)(F)F)CCN([C@H](C)C(=O)O)C1. The van der Waals surface area contributed by atoms with Gasteiger partial charge < -0.3 is 9.84 Å². The average Bonchev–Trinajstić information content (AvgIpc) is 2.62. The highest BCUT2D eigenvalue weighted by Gasteiger charge is 2.58. The first-order chi connectivity index (χ1) is 7.73. The summed E-state index contributed by atoms with van der Waals surface area (Å²) in [6, 6.07) is -0.906. The number of likely N-dealkylation sites (tertiary alicyclic amines) is 1. The largest absolute Gasteiger partial charge is 0.480 e. The van der Waals surface area contributed by atoms with E-state index < -0.39 is 30.2 Å². The van der Waals surface area contributed by atoms with Crippen LogP contribution < -0.4 is 0 Å². The topological polar surface area (TPSA) is 49.8 Å². The molecule has 0 unspecified atom stereocenters. The molecule has 2 atom stereocenters. The molecule has 0 aromatic heterocycles. The minimum absolute atomic E-state index is 0.121. The maximum atomic E-state index is 13.0. The van der Waals surface area contributed by atoms with E-state index in [-0.39, 0.29) is 19.5 Å². The van der Waals surface area contributed by atoms with Crippen LogP contribution in [-0.4, -0.2) is 55.0 Å². The predicted molar refractivity (Wildman–Crippen MR) is 53.7 cm³/mol. The summed E-state index contributed by atoms with van der Waals surface area (Å²) in [5.41, 5.74) is -1.94. The summed E-state index contributed by atoms with van der Waals surface area (Å²) in [5.74, 6) is -1.11. The molecule has 17 heavy (non-hydrogen) atoms. The molecule has 0 amide bonds. The van der Waals surface area contributed by atoms with E-state index >= 15 is 0 Å². The molecule has 0 bridgehead atoms. The molecule has 0 spiro atoms. The summed E-state index contributed by atoms with van der Waals surface area (Å²) in [7, 11) is 1.22. The highest BCUT2D eigenvalue weighted by atomic mass is 19.4. The number of carboxylic acids is 1. The Bertz CT molecular complexity index is 295. The number of hydrogen-bond acceptors (Lipinski definition) is 3. The van der Waals surface area contributed by atoms with Crippen molar-refractivity contribution in [1.29, 1.82) is 0 Å². The Morgan fingerprint density at radius 2 is 2.18 bits per heavy atom. The van der Waals surface area contributed by atoms with Crippen LogP contribution in [0.4, 0.5) is 13.2 Å². The number of carboxylic acid groups (broad SMARTS) is 1. The number of aliphatic carboxylic acids is 1. The minimum atomic E-state index is -4.38.